The van der Waals surface area contributed by atoms with E-state index in [0.29, 0.717) is 18.7 Å². The van der Waals surface area contributed by atoms with Crippen molar-refractivity contribution in [3.63, 3.8) is 0 Å². The smallest absolute Gasteiger partial charge is 0.306 e. The summed E-state index contributed by atoms with van der Waals surface area (Å²) in [6.45, 7) is 6.49. The van der Waals surface area contributed by atoms with Crippen LogP contribution in [0.1, 0.15) is 39.3 Å². The van der Waals surface area contributed by atoms with Gasteiger partial charge in [-0.05, 0) is 43.5 Å². The van der Waals surface area contributed by atoms with E-state index in [9.17, 15) is 14.7 Å². The number of carbonyl (C=O) groups is 2. The summed E-state index contributed by atoms with van der Waals surface area (Å²) in [6, 6.07) is 7.68. The summed E-state index contributed by atoms with van der Waals surface area (Å²) in [6.07, 6.45) is 0.744. The lowest BCUT2D eigenvalue weighted by Crippen LogP contribution is -2.20. The summed E-state index contributed by atoms with van der Waals surface area (Å²) >= 11 is 1.48. The number of aliphatic carboxylic acids is 1. The van der Waals surface area contributed by atoms with Crippen molar-refractivity contribution in [2.75, 3.05) is 6.61 Å². The second kappa shape index (κ2) is 9.48. The molecule has 26 heavy (non-hydrogen) atoms. The molecule has 0 aliphatic carbocycles. The maximum Gasteiger partial charge on any atom is 0.306 e. The molecule has 0 radical (unpaired) electrons. The predicted molar refractivity (Wildman–Crippen MR) is 103 cm³/mol. The largest absolute Gasteiger partial charge is 0.494 e. The number of ether oxygens (including phenoxy) is 1. The van der Waals surface area contributed by atoms with Crippen LogP contribution in [0.2, 0.25) is 0 Å². The SMILES string of the molecule is CCOc1ccc(-c2nc(CC(=O)C[C@H](CC(C)C)C(=O)O)cs2)cc1. The molecule has 0 fully saturated rings. The first-order valence-corrected chi connectivity index (χ1v) is 9.69. The van der Waals surface area contributed by atoms with Crippen LogP contribution in [-0.2, 0) is 16.0 Å². The van der Waals surface area contributed by atoms with Gasteiger partial charge in [-0.2, -0.15) is 0 Å². The Bertz CT molecular complexity index is 737. The number of Topliss-reactive ketones (excluding diaryl/α,β-unsaturated/α-hetero) is 1. The maximum atomic E-state index is 12.3. The minimum absolute atomic E-state index is 0.0590. The molecule has 1 atom stereocenters. The van der Waals surface area contributed by atoms with Crippen molar-refractivity contribution in [1.82, 2.24) is 4.98 Å². The monoisotopic (exact) mass is 375 g/mol. The number of carboxylic acid groups (broad SMARTS) is 1. The van der Waals surface area contributed by atoms with E-state index in [1.54, 1.807) is 0 Å². The number of nitrogens with zero attached hydrogens (tertiary/aromatic N) is 1. The lowest BCUT2D eigenvalue weighted by atomic mass is 9.91. The molecule has 1 N–H and O–H groups in total. The Hall–Kier alpha value is -2.21. The summed E-state index contributed by atoms with van der Waals surface area (Å²) in [5.74, 6) is -0.545. The molecule has 5 nitrogen and oxygen atoms in total. The molecule has 2 rings (SSSR count). The Morgan fingerprint density at radius 2 is 1.92 bits per heavy atom. The van der Waals surface area contributed by atoms with Crippen molar-refractivity contribution in [3.8, 4) is 16.3 Å². The normalized spacial score (nSPS) is 12.2. The van der Waals surface area contributed by atoms with Gasteiger partial charge in [0.1, 0.15) is 16.5 Å². The zero-order valence-corrected chi connectivity index (χ0v) is 16.2. The van der Waals surface area contributed by atoms with Crippen LogP contribution in [0, 0.1) is 11.8 Å². The summed E-state index contributed by atoms with van der Waals surface area (Å²) in [5.41, 5.74) is 1.66. The van der Waals surface area contributed by atoms with Crippen LogP contribution in [0.25, 0.3) is 10.6 Å². The van der Waals surface area contributed by atoms with Gasteiger partial charge in [-0.3, -0.25) is 9.59 Å². The number of aromatic nitrogens is 1. The molecule has 0 aliphatic heterocycles. The van der Waals surface area contributed by atoms with Gasteiger partial charge in [-0.15, -0.1) is 11.3 Å². The number of hydrogen-bond donors (Lipinski definition) is 1. The van der Waals surface area contributed by atoms with Gasteiger partial charge in [0.15, 0.2) is 0 Å². The van der Waals surface area contributed by atoms with Gasteiger partial charge < -0.3 is 9.84 Å². The van der Waals surface area contributed by atoms with Gasteiger partial charge in [0, 0.05) is 23.8 Å². The molecule has 1 aromatic heterocycles. The number of carboxylic acids is 1. The number of rotatable bonds is 10. The molecular formula is C20H25NO4S. The van der Waals surface area contributed by atoms with E-state index in [2.05, 4.69) is 4.98 Å². The van der Waals surface area contributed by atoms with Crippen molar-refractivity contribution in [3.05, 3.63) is 35.3 Å². The fourth-order valence-corrected chi connectivity index (χ4v) is 3.60. The van der Waals surface area contributed by atoms with Crippen molar-refractivity contribution in [2.45, 2.75) is 40.0 Å². The van der Waals surface area contributed by atoms with Crippen LogP contribution < -0.4 is 4.74 Å². The molecule has 0 saturated heterocycles. The van der Waals surface area contributed by atoms with E-state index in [1.165, 1.54) is 11.3 Å². The second-order valence-corrected chi connectivity index (χ2v) is 7.54. The molecular weight excluding hydrogens is 350 g/mol. The molecule has 2 aromatic rings. The van der Waals surface area contributed by atoms with Crippen molar-refractivity contribution in [1.29, 1.82) is 0 Å². The van der Waals surface area contributed by atoms with Crippen LogP contribution in [0.5, 0.6) is 5.75 Å². The molecule has 0 saturated carbocycles. The average molecular weight is 375 g/mol. The first kappa shape index (κ1) is 20.1. The van der Waals surface area contributed by atoms with E-state index in [0.717, 1.165) is 16.3 Å². The third-order valence-electron chi connectivity index (χ3n) is 3.92. The Morgan fingerprint density at radius 3 is 2.50 bits per heavy atom. The Balaban J connectivity index is 1.98. The highest BCUT2D eigenvalue weighted by atomic mass is 32.1. The maximum absolute atomic E-state index is 12.3. The average Bonchev–Trinajstić information content (AvgIpc) is 3.03. The standard InChI is InChI=1S/C20H25NO4S/c1-4-25-18-7-5-14(6-8-18)19-21-16(12-26-19)11-17(22)10-15(20(23)24)9-13(2)3/h5-8,12-13,15H,4,9-11H2,1-3H3,(H,23,24)/t15-/m0/s1. The molecule has 1 heterocycles. The van der Waals surface area contributed by atoms with Crippen LogP contribution in [0.15, 0.2) is 29.6 Å². The first-order chi connectivity index (χ1) is 12.4. The fraction of sp³-hybridized carbons (Fsp3) is 0.450. The first-order valence-electron chi connectivity index (χ1n) is 8.81. The van der Waals surface area contributed by atoms with Crippen LogP contribution in [0.4, 0.5) is 0 Å². The zero-order chi connectivity index (χ0) is 19.1. The van der Waals surface area contributed by atoms with Crippen LogP contribution in [0.3, 0.4) is 0 Å². The highest BCUT2D eigenvalue weighted by Gasteiger charge is 2.22. The van der Waals surface area contributed by atoms with E-state index >= 15 is 0 Å². The van der Waals surface area contributed by atoms with Gasteiger partial charge in [-0.1, -0.05) is 13.8 Å². The van der Waals surface area contributed by atoms with E-state index in [4.69, 9.17) is 4.74 Å². The predicted octanol–water partition coefficient (Wildman–Crippen LogP) is 4.46. The van der Waals surface area contributed by atoms with E-state index < -0.39 is 11.9 Å². The molecule has 1 aromatic carbocycles. The molecule has 0 bridgehead atoms. The summed E-state index contributed by atoms with van der Waals surface area (Å²) < 4.78 is 5.43. The molecule has 6 heteroatoms. The molecule has 0 amide bonds. The fourth-order valence-electron chi connectivity index (χ4n) is 2.77. The zero-order valence-electron chi connectivity index (χ0n) is 15.4. The number of carbonyl (C=O) groups excluding carboxylic acids is 1. The lowest BCUT2D eigenvalue weighted by Gasteiger charge is -2.13. The van der Waals surface area contributed by atoms with Gasteiger partial charge >= 0.3 is 5.97 Å². The number of benzene rings is 1. The van der Waals surface area contributed by atoms with Crippen molar-refractivity contribution >= 4 is 23.1 Å². The Kier molecular flexibility index (Phi) is 7.33. The molecule has 140 valence electrons. The highest BCUT2D eigenvalue weighted by molar-refractivity contribution is 7.13. The molecule has 0 unspecified atom stereocenters. The summed E-state index contributed by atoms with van der Waals surface area (Å²) in [7, 11) is 0. The quantitative estimate of drug-likeness (QED) is 0.663. The van der Waals surface area contributed by atoms with Crippen LogP contribution >= 0.6 is 11.3 Å². The summed E-state index contributed by atoms with van der Waals surface area (Å²) in [4.78, 5) is 28.1. The van der Waals surface area contributed by atoms with Crippen molar-refractivity contribution in [2.24, 2.45) is 11.8 Å². The summed E-state index contributed by atoms with van der Waals surface area (Å²) in [5, 5.41) is 12.0. The third kappa shape index (κ3) is 5.95. The lowest BCUT2D eigenvalue weighted by molar-refractivity contribution is -0.144. The number of ketones is 1. The number of hydrogen-bond acceptors (Lipinski definition) is 5. The minimum atomic E-state index is -0.902. The third-order valence-corrected chi connectivity index (χ3v) is 4.86. The van der Waals surface area contributed by atoms with Gasteiger partial charge in [-0.25, -0.2) is 4.98 Å². The molecule has 0 aliphatic rings. The van der Waals surface area contributed by atoms with Gasteiger partial charge in [0.2, 0.25) is 0 Å². The topological polar surface area (TPSA) is 76.5 Å². The van der Waals surface area contributed by atoms with E-state index in [-0.39, 0.29) is 24.5 Å². The highest BCUT2D eigenvalue weighted by Crippen LogP contribution is 2.26. The van der Waals surface area contributed by atoms with Crippen LogP contribution in [-0.4, -0.2) is 28.4 Å². The van der Waals surface area contributed by atoms with Gasteiger partial charge in [0.05, 0.1) is 18.2 Å². The Morgan fingerprint density at radius 1 is 1.23 bits per heavy atom. The minimum Gasteiger partial charge on any atom is -0.494 e. The van der Waals surface area contributed by atoms with E-state index in [1.807, 2.05) is 50.4 Å². The van der Waals surface area contributed by atoms with Crippen molar-refractivity contribution < 1.29 is 19.4 Å². The molecule has 0 spiro atoms. The van der Waals surface area contributed by atoms with Gasteiger partial charge in [0.25, 0.3) is 0 Å². The second-order valence-electron chi connectivity index (χ2n) is 6.69. The Labute approximate surface area is 158 Å². The number of thiazole rings is 1.